The Morgan fingerprint density at radius 2 is 1.89 bits per heavy atom. The van der Waals surface area contributed by atoms with Crippen molar-refractivity contribution >= 4 is 57.8 Å². The molecule has 0 bridgehead atoms. The van der Waals surface area contributed by atoms with Crippen molar-refractivity contribution in [2.75, 3.05) is 6.54 Å². The molecule has 0 aliphatic rings. The Hall–Kier alpha value is 0.570. The average molecular weight is 478 g/mol. The number of halogens is 3. The van der Waals surface area contributed by atoms with Gasteiger partial charge in [0.2, 0.25) is 10.0 Å². The summed E-state index contributed by atoms with van der Waals surface area (Å²) in [5.41, 5.74) is 0. The third kappa shape index (κ3) is 5.83. The van der Waals surface area contributed by atoms with Crippen molar-refractivity contribution in [1.29, 1.82) is 0 Å². The molecule has 1 aromatic rings. The highest BCUT2D eigenvalue weighted by atomic mass is 79.9. The summed E-state index contributed by atoms with van der Waals surface area (Å²) in [6, 6.07) is 5.08. The van der Waals surface area contributed by atoms with E-state index >= 15 is 0 Å². The molecule has 0 radical (unpaired) electrons. The highest BCUT2D eigenvalue weighted by Gasteiger charge is 2.19. The van der Waals surface area contributed by atoms with E-state index in [2.05, 4.69) is 66.4 Å². The lowest BCUT2D eigenvalue weighted by molar-refractivity contribution is 0.551. The van der Waals surface area contributed by atoms with Gasteiger partial charge in [0.05, 0.1) is 4.90 Å². The summed E-state index contributed by atoms with van der Waals surface area (Å²) in [5, 5.41) is 0. The number of nitrogens with one attached hydrogen (secondary N) is 1. The fraction of sp³-hybridized carbons (Fsp3) is 0.500. The largest absolute Gasteiger partial charge is 0.241 e. The minimum absolute atomic E-state index is 0.133. The van der Waals surface area contributed by atoms with Crippen molar-refractivity contribution in [3.8, 4) is 0 Å². The maximum Gasteiger partial charge on any atom is 0.241 e. The number of sulfonamides is 1. The molecule has 0 aliphatic heterocycles. The molecule has 1 unspecified atom stereocenters. The summed E-state index contributed by atoms with van der Waals surface area (Å²) in [4.78, 5) is 0.374. The molecular formula is C12H16Br3NO2S. The number of hydrogen-bond donors (Lipinski definition) is 1. The second-order valence-corrected chi connectivity index (χ2v) is 9.45. The maximum atomic E-state index is 12.2. The normalized spacial score (nSPS) is 13.8. The Bertz CT molecular complexity index is 532. The molecule has 0 aromatic heterocycles. The van der Waals surface area contributed by atoms with Gasteiger partial charge in [-0.2, -0.15) is 0 Å². The monoisotopic (exact) mass is 475 g/mol. The van der Waals surface area contributed by atoms with Gasteiger partial charge < -0.3 is 0 Å². The first-order valence-electron chi connectivity index (χ1n) is 5.81. The summed E-state index contributed by atoms with van der Waals surface area (Å²) in [6.45, 7) is 4.58. The van der Waals surface area contributed by atoms with Gasteiger partial charge >= 0.3 is 0 Å². The molecule has 1 N–H and O–H groups in total. The summed E-state index contributed by atoms with van der Waals surface area (Å²) in [7, 11) is -3.50. The van der Waals surface area contributed by atoms with Crippen LogP contribution in [0.1, 0.15) is 20.3 Å². The molecule has 1 aromatic carbocycles. The van der Waals surface area contributed by atoms with Crippen molar-refractivity contribution in [2.24, 2.45) is 5.92 Å². The summed E-state index contributed by atoms with van der Waals surface area (Å²) in [5.74, 6) is 0.520. The SMILES string of the molecule is CC(C)CC(Br)CNS(=O)(=O)c1cc(Br)ccc1Br. The van der Waals surface area contributed by atoms with Crippen LogP contribution in [0.15, 0.2) is 32.0 Å². The van der Waals surface area contributed by atoms with Crippen molar-refractivity contribution in [3.05, 3.63) is 27.1 Å². The Morgan fingerprint density at radius 3 is 2.47 bits per heavy atom. The first-order chi connectivity index (χ1) is 8.72. The van der Waals surface area contributed by atoms with Crippen LogP contribution in [0.5, 0.6) is 0 Å². The highest BCUT2D eigenvalue weighted by Crippen LogP contribution is 2.25. The molecule has 108 valence electrons. The van der Waals surface area contributed by atoms with Crippen LogP contribution >= 0.6 is 47.8 Å². The smallest absolute Gasteiger partial charge is 0.210 e. The van der Waals surface area contributed by atoms with Crippen LogP contribution in [0.3, 0.4) is 0 Å². The first kappa shape index (κ1) is 17.6. The lowest BCUT2D eigenvalue weighted by atomic mass is 10.1. The van der Waals surface area contributed by atoms with Crippen LogP contribution in [0.25, 0.3) is 0 Å². The molecule has 0 aliphatic carbocycles. The molecule has 0 spiro atoms. The van der Waals surface area contributed by atoms with Crippen molar-refractivity contribution in [3.63, 3.8) is 0 Å². The van der Waals surface area contributed by atoms with E-state index in [1.807, 2.05) is 0 Å². The van der Waals surface area contributed by atoms with Gasteiger partial charge in [0, 0.05) is 20.3 Å². The van der Waals surface area contributed by atoms with E-state index in [1.165, 1.54) is 0 Å². The van der Waals surface area contributed by atoms with Gasteiger partial charge in [0.15, 0.2) is 0 Å². The average Bonchev–Trinajstić information content (AvgIpc) is 2.29. The standard InChI is InChI=1S/C12H16Br3NO2S/c1-8(2)5-10(14)7-16-19(17,18)12-6-9(13)3-4-11(12)15/h3-4,6,8,10,16H,5,7H2,1-2H3. The molecular weight excluding hydrogens is 462 g/mol. The van der Waals surface area contributed by atoms with Crippen LogP contribution in [-0.4, -0.2) is 19.8 Å². The van der Waals surface area contributed by atoms with Gasteiger partial charge in [-0.15, -0.1) is 0 Å². The first-order valence-corrected chi connectivity index (χ1v) is 9.79. The molecule has 0 heterocycles. The van der Waals surface area contributed by atoms with Crippen LogP contribution in [-0.2, 0) is 10.0 Å². The fourth-order valence-corrected chi connectivity index (χ4v) is 5.26. The topological polar surface area (TPSA) is 46.2 Å². The lowest BCUT2D eigenvalue weighted by Gasteiger charge is -2.14. The molecule has 1 atom stereocenters. The molecule has 7 heteroatoms. The predicted molar refractivity (Wildman–Crippen MR) is 89.2 cm³/mol. The van der Waals surface area contributed by atoms with E-state index in [0.717, 1.165) is 10.9 Å². The number of benzene rings is 1. The van der Waals surface area contributed by atoms with Crippen LogP contribution in [0, 0.1) is 5.92 Å². The summed E-state index contributed by atoms with van der Waals surface area (Å²) >= 11 is 10.0. The number of rotatable bonds is 6. The minimum atomic E-state index is -3.50. The predicted octanol–water partition coefficient (Wildman–Crippen LogP) is 4.30. The third-order valence-electron chi connectivity index (χ3n) is 2.40. The van der Waals surface area contributed by atoms with E-state index in [4.69, 9.17) is 0 Å². The van der Waals surface area contributed by atoms with Crippen LogP contribution in [0.4, 0.5) is 0 Å². The Kier molecular flexibility index (Phi) is 6.99. The Labute approximate surface area is 140 Å². The molecule has 3 nitrogen and oxygen atoms in total. The van der Waals surface area contributed by atoms with Gasteiger partial charge in [-0.1, -0.05) is 45.7 Å². The Balaban J connectivity index is 2.79. The molecule has 0 saturated carbocycles. The second-order valence-electron chi connectivity index (χ2n) is 4.65. The highest BCUT2D eigenvalue weighted by molar-refractivity contribution is 9.11. The maximum absolute atomic E-state index is 12.2. The van der Waals surface area contributed by atoms with Gasteiger partial charge in [-0.25, -0.2) is 13.1 Å². The van der Waals surface area contributed by atoms with Crippen molar-refractivity contribution in [2.45, 2.75) is 30.0 Å². The van der Waals surface area contributed by atoms with E-state index in [0.29, 0.717) is 16.9 Å². The number of alkyl halides is 1. The van der Waals surface area contributed by atoms with Crippen LogP contribution < -0.4 is 4.72 Å². The third-order valence-corrected chi connectivity index (χ3v) is 6.01. The van der Waals surface area contributed by atoms with E-state index in [-0.39, 0.29) is 9.72 Å². The van der Waals surface area contributed by atoms with Gasteiger partial charge in [-0.05, 0) is 46.5 Å². The minimum Gasteiger partial charge on any atom is -0.210 e. The quantitative estimate of drug-likeness (QED) is 0.621. The van der Waals surface area contributed by atoms with Gasteiger partial charge in [0.1, 0.15) is 0 Å². The molecule has 0 saturated heterocycles. The van der Waals surface area contributed by atoms with Gasteiger partial charge in [0.25, 0.3) is 0 Å². The van der Waals surface area contributed by atoms with Gasteiger partial charge in [-0.3, -0.25) is 0 Å². The van der Waals surface area contributed by atoms with Crippen molar-refractivity contribution < 1.29 is 8.42 Å². The Morgan fingerprint density at radius 1 is 1.26 bits per heavy atom. The molecule has 0 amide bonds. The summed E-state index contributed by atoms with van der Waals surface area (Å²) < 4.78 is 28.3. The van der Waals surface area contributed by atoms with E-state index < -0.39 is 10.0 Å². The van der Waals surface area contributed by atoms with E-state index in [1.54, 1.807) is 18.2 Å². The zero-order valence-corrected chi connectivity index (χ0v) is 16.2. The zero-order chi connectivity index (χ0) is 14.6. The molecule has 19 heavy (non-hydrogen) atoms. The molecule has 1 rings (SSSR count). The lowest BCUT2D eigenvalue weighted by Crippen LogP contribution is -2.30. The molecule has 0 fully saturated rings. The van der Waals surface area contributed by atoms with E-state index in [9.17, 15) is 8.42 Å². The van der Waals surface area contributed by atoms with Crippen molar-refractivity contribution in [1.82, 2.24) is 4.72 Å². The second kappa shape index (κ2) is 7.54. The van der Waals surface area contributed by atoms with Crippen LogP contribution in [0.2, 0.25) is 0 Å². The number of hydrogen-bond acceptors (Lipinski definition) is 2. The fourth-order valence-electron chi connectivity index (χ4n) is 1.56. The summed E-state index contributed by atoms with van der Waals surface area (Å²) in [6.07, 6.45) is 0.919. The zero-order valence-electron chi connectivity index (χ0n) is 10.7.